The van der Waals surface area contributed by atoms with Crippen molar-refractivity contribution in [2.75, 3.05) is 13.2 Å². The van der Waals surface area contributed by atoms with E-state index in [-0.39, 0.29) is 31.1 Å². The van der Waals surface area contributed by atoms with Crippen molar-refractivity contribution in [2.45, 2.75) is 285 Å². The number of carbonyl (C=O) groups is 3. The molecule has 0 heterocycles. The highest BCUT2D eigenvalue weighted by Gasteiger charge is 2.19. The first-order chi connectivity index (χ1) is 27.7. The van der Waals surface area contributed by atoms with Crippen molar-refractivity contribution in [1.29, 1.82) is 0 Å². The Kier molecular flexibility index (Phi) is 42.7. The van der Waals surface area contributed by atoms with Crippen LogP contribution >= 0.6 is 0 Å². The van der Waals surface area contributed by atoms with E-state index in [2.05, 4.69) is 34.6 Å². The Labute approximate surface area is 355 Å². The lowest BCUT2D eigenvalue weighted by Crippen LogP contribution is -2.30. The monoisotopic (exact) mass is 807 g/mol. The van der Waals surface area contributed by atoms with Crippen LogP contribution in [0.15, 0.2) is 0 Å². The molecule has 0 N–H and O–H groups in total. The summed E-state index contributed by atoms with van der Waals surface area (Å²) in [4.78, 5) is 37.8. The number of ether oxygens (including phenoxy) is 3. The van der Waals surface area contributed by atoms with Crippen molar-refractivity contribution in [3.8, 4) is 0 Å². The second-order valence-electron chi connectivity index (χ2n) is 18.4. The smallest absolute Gasteiger partial charge is 0.306 e. The Balaban J connectivity index is 4.23. The lowest BCUT2D eigenvalue weighted by molar-refractivity contribution is -0.167. The average molecular weight is 807 g/mol. The molecule has 0 amide bonds. The van der Waals surface area contributed by atoms with Gasteiger partial charge in [0.05, 0.1) is 0 Å². The molecule has 0 aliphatic heterocycles. The van der Waals surface area contributed by atoms with Gasteiger partial charge in [0.2, 0.25) is 0 Å². The highest BCUT2D eigenvalue weighted by atomic mass is 16.6. The Bertz CT molecular complexity index is 870. The highest BCUT2D eigenvalue weighted by molar-refractivity contribution is 5.71. The molecular formula is C51H98O6. The summed E-state index contributed by atoms with van der Waals surface area (Å²) in [6, 6.07) is 0. The summed E-state index contributed by atoms with van der Waals surface area (Å²) in [6.45, 7) is 11.3. The van der Waals surface area contributed by atoms with Crippen LogP contribution in [0, 0.1) is 11.8 Å². The number of esters is 3. The van der Waals surface area contributed by atoms with Crippen molar-refractivity contribution >= 4 is 17.9 Å². The molecule has 0 bridgehead atoms. The third-order valence-electron chi connectivity index (χ3n) is 11.5. The summed E-state index contributed by atoms with van der Waals surface area (Å²) in [5, 5.41) is 0. The lowest BCUT2D eigenvalue weighted by Gasteiger charge is -2.18. The summed E-state index contributed by atoms with van der Waals surface area (Å²) >= 11 is 0. The number of unbranched alkanes of at least 4 members (excludes halogenated alkanes) is 30. The van der Waals surface area contributed by atoms with Crippen LogP contribution < -0.4 is 0 Å². The number of hydrogen-bond donors (Lipinski definition) is 0. The third-order valence-corrected chi connectivity index (χ3v) is 11.5. The van der Waals surface area contributed by atoms with E-state index in [0.717, 1.165) is 69.6 Å². The summed E-state index contributed by atoms with van der Waals surface area (Å²) < 4.78 is 16.8. The topological polar surface area (TPSA) is 78.9 Å². The fraction of sp³-hybridized carbons (Fsp3) is 0.941. The molecule has 0 aliphatic carbocycles. The van der Waals surface area contributed by atoms with E-state index >= 15 is 0 Å². The fourth-order valence-corrected chi connectivity index (χ4v) is 7.64. The van der Waals surface area contributed by atoms with E-state index in [1.165, 1.54) is 167 Å². The molecule has 57 heavy (non-hydrogen) atoms. The average Bonchev–Trinajstić information content (AvgIpc) is 3.18. The zero-order valence-corrected chi connectivity index (χ0v) is 39.0. The minimum Gasteiger partial charge on any atom is -0.462 e. The van der Waals surface area contributed by atoms with Gasteiger partial charge < -0.3 is 14.2 Å². The van der Waals surface area contributed by atoms with Gasteiger partial charge in [-0.05, 0) is 31.1 Å². The van der Waals surface area contributed by atoms with Gasteiger partial charge >= 0.3 is 17.9 Å². The molecule has 0 rings (SSSR count). The summed E-state index contributed by atoms with van der Waals surface area (Å²) in [7, 11) is 0. The summed E-state index contributed by atoms with van der Waals surface area (Å²) in [6.07, 6.45) is 43.8. The highest BCUT2D eigenvalue weighted by Crippen LogP contribution is 2.17. The molecular weight excluding hydrogens is 709 g/mol. The van der Waals surface area contributed by atoms with Crippen LogP contribution in [0.5, 0.6) is 0 Å². The predicted molar refractivity (Wildman–Crippen MR) is 243 cm³/mol. The second kappa shape index (κ2) is 44.0. The maximum atomic E-state index is 12.7. The van der Waals surface area contributed by atoms with Gasteiger partial charge in [-0.1, -0.05) is 240 Å². The Morgan fingerprint density at radius 2 is 0.579 bits per heavy atom. The van der Waals surface area contributed by atoms with Gasteiger partial charge in [0.15, 0.2) is 6.10 Å². The minimum absolute atomic E-state index is 0.0641. The van der Waals surface area contributed by atoms with Gasteiger partial charge in [-0.25, -0.2) is 0 Å². The molecule has 0 aliphatic rings. The number of carbonyl (C=O) groups excluding carboxylic acids is 3. The van der Waals surface area contributed by atoms with E-state index in [4.69, 9.17) is 14.2 Å². The van der Waals surface area contributed by atoms with Gasteiger partial charge in [0.25, 0.3) is 0 Å². The van der Waals surface area contributed by atoms with Crippen molar-refractivity contribution in [3.63, 3.8) is 0 Å². The normalized spacial score (nSPS) is 12.1. The first-order valence-corrected chi connectivity index (χ1v) is 25.2. The van der Waals surface area contributed by atoms with Crippen LogP contribution in [0.4, 0.5) is 0 Å². The van der Waals surface area contributed by atoms with Crippen LogP contribution in [-0.4, -0.2) is 37.2 Å². The Morgan fingerprint density at radius 1 is 0.333 bits per heavy atom. The van der Waals surface area contributed by atoms with E-state index in [0.29, 0.717) is 19.3 Å². The molecule has 0 unspecified atom stereocenters. The van der Waals surface area contributed by atoms with Crippen molar-refractivity contribution in [2.24, 2.45) is 11.8 Å². The van der Waals surface area contributed by atoms with E-state index in [1.54, 1.807) is 0 Å². The van der Waals surface area contributed by atoms with Crippen LogP contribution in [0.2, 0.25) is 0 Å². The quantitative estimate of drug-likeness (QED) is 0.0346. The van der Waals surface area contributed by atoms with Crippen molar-refractivity contribution in [3.05, 3.63) is 0 Å². The third kappa shape index (κ3) is 45.3. The maximum Gasteiger partial charge on any atom is 0.306 e. The molecule has 1 atom stereocenters. The molecule has 6 heteroatoms. The van der Waals surface area contributed by atoms with Gasteiger partial charge in [0, 0.05) is 19.3 Å². The molecule has 0 saturated heterocycles. The summed E-state index contributed by atoms with van der Waals surface area (Å²) in [5.41, 5.74) is 0. The molecule has 0 aromatic carbocycles. The SMILES string of the molecule is CCCCCCCCCCCC(=O)OC[C@@H](COC(=O)CCCCCCCCCCCCCCCCCC(C)C)OC(=O)CCCCCCCCCCCC(C)C. The van der Waals surface area contributed by atoms with E-state index in [1.807, 2.05) is 0 Å². The fourth-order valence-electron chi connectivity index (χ4n) is 7.64. The number of hydrogen-bond acceptors (Lipinski definition) is 6. The lowest BCUT2D eigenvalue weighted by atomic mass is 10.0. The van der Waals surface area contributed by atoms with Crippen LogP contribution in [0.3, 0.4) is 0 Å². The largest absolute Gasteiger partial charge is 0.462 e. The standard InChI is InChI=1S/C51H98O6/c1-6-7-8-9-10-19-26-31-36-41-49(52)55-44-48(57-51(54)43-38-33-28-23-18-21-25-30-35-40-47(4)5)45-56-50(53)42-37-32-27-22-17-15-13-11-12-14-16-20-24-29-34-39-46(2)3/h46-48H,6-45H2,1-5H3/t48-/m0/s1. The molecule has 0 spiro atoms. The summed E-state index contributed by atoms with van der Waals surface area (Å²) in [5.74, 6) is 0.802. The molecule has 0 fully saturated rings. The van der Waals surface area contributed by atoms with Crippen LogP contribution in [0.25, 0.3) is 0 Å². The molecule has 338 valence electrons. The zero-order chi connectivity index (χ0) is 41.9. The van der Waals surface area contributed by atoms with Crippen LogP contribution in [0.1, 0.15) is 279 Å². The number of rotatable bonds is 45. The van der Waals surface area contributed by atoms with Crippen LogP contribution in [-0.2, 0) is 28.6 Å². The molecule has 6 nitrogen and oxygen atoms in total. The van der Waals surface area contributed by atoms with Gasteiger partial charge in [0.1, 0.15) is 13.2 Å². The Hall–Kier alpha value is -1.59. The minimum atomic E-state index is -0.760. The molecule has 0 radical (unpaired) electrons. The second-order valence-corrected chi connectivity index (χ2v) is 18.4. The first-order valence-electron chi connectivity index (χ1n) is 25.2. The van der Waals surface area contributed by atoms with Gasteiger partial charge in [-0.15, -0.1) is 0 Å². The molecule has 0 saturated carbocycles. The van der Waals surface area contributed by atoms with Gasteiger partial charge in [-0.3, -0.25) is 14.4 Å². The first kappa shape index (κ1) is 55.4. The maximum absolute atomic E-state index is 12.7. The zero-order valence-electron chi connectivity index (χ0n) is 39.0. The molecule has 0 aromatic rings. The van der Waals surface area contributed by atoms with E-state index in [9.17, 15) is 14.4 Å². The van der Waals surface area contributed by atoms with Crippen molar-refractivity contribution < 1.29 is 28.6 Å². The molecule has 0 aromatic heterocycles. The van der Waals surface area contributed by atoms with Crippen molar-refractivity contribution in [1.82, 2.24) is 0 Å². The Morgan fingerprint density at radius 3 is 0.860 bits per heavy atom. The predicted octanol–water partition coefficient (Wildman–Crippen LogP) is 16.1. The van der Waals surface area contributed by atoms with Gasteiger partial charge in [-0.2, -0.15) is 0 Å². The van der Waals surface area contributed by atoms with E-state index < -0.39 is 6.10 Å².